The number of hydrogen-bond acceptors (Lipinski definition) is 4. The number of aryl methyl sites for hydroxylation is 1. The van der Waals surface area contributed by atoms with Crippen LogP contribution in [-0.2, 0) is 4.74 Å². The molecule has 4 nitrogen and oxygen atoms in total. The lowest BCUT2D eigenvalue weighted by Gasteiger charge is -2.12. The number of carbonyl (C=O) groups is 1. The zero-order valence-corrected chi connectivity index (χ0v) is 11.2. The molecule has 104 valence electrons. The summed E-state index contributed by atoms with van der Waals surface area (Å²) in [6, 6.07) is 9.91. The number of nitrogen functional groups attached to an aromatic ring is 1. The highest BCUT2D eigenvalue weighted by atomic mass is 19.1. The predicted octanol–water partition coefficient (Wildman–Crippen LogP) is 3.25. The molecule has 0 saturated heterocycles. The Labute approximate surface area is 116 Å². The molecule has 0 spiro atoms. The quantitative estimate of drug-likeness (QED) is 0.666. The number of esters is 1. The molecule has 0 atom stereocenters. The molecule has 0 heterocycles. The van der Waals surface area contributed by atoms with Crippen LogP contribution in [0, 0.1) is 12.7 Å². The largest absolute Gasteiger partial charge is 0.465 e. The van der Waals surface area contributed by atoms with Gasteiger partial charge in [0.05, 0.1) is 18.4 Å². The molecule has 3 N–H and O–H groups in total. The van der Waals surface area contributed by atoms with Crippen LogP contribution in [0.3, 0.4) is 0 Å². The summed E-state index contributed by atoms with van der Waals surface area (Å²) in [5, 5.41) is 2.95. The monoisotopic (exact) mass is 274 g/mol. The summed E-state index contributed by atoms with van der Waals surface area (Å²) in [5.74, 6) is -1.13. The van der Waals surface area contributed by atoms with E-state index >= 15 is 0 Å². The molecule has 0 unspecified atom stereocenters. The number of ether oxygens (including phenoxy) is 1. The first kappa shape index (κ1) is 13.9. The van der Waals surface area contributed by atoms with Gasteiger partial charge in [0.25, 0.3) is 0 Å². The lowest BCUT2D eigenvalue weighted by molar-refractivity contribution is 0.0602. The van der Waals surface area contributed by atoms with Crippen molar-refractivity contribution in [2.75, 3.05) is 18.2 Å². The number of methoxy groups -OCH3 is 1. The molecule has 20 heavy (non-hydrogen) atoms. The first-order valence-corrected chi connectivity index (χ1v) is 6.03. The first-order valence-electron chi connectivity index (χ1n) is 6.03. The van der Waals surface area contributed by atoms with Gasteiger partial charge in [-0.3, -0.25) is 0 Å². The molecule has 0 amide bonds. The minimum Gasteiger partial charge on any atom is -0.465 e. The molecule has 0 aliphatic rings. The van der Waals surface area contributed by atoms with Crippen molar-refractivity contribution in [2.45, 2.75) is 6.92 Å². The van der Waals surface area contributed by atoms with Crippen LogP contribution in [-0.4, -0.2) is 13.1 Å². The molecular formula is C15H15FN2O2. The van der Waals surface area contributed by atoms with Gasteiger partial charge in [0.1, 0.15) is 5.82 Å². The Morgan fingerprint density at radius 2 is 1.95 bits per heavy atom. The summed E-state index contributed by atoms with van der Waals surface area (Å²) in [7, 11) is 1.25. The van der Waals surface area contributed by atoms with Crippen LogP contribution in [0.4, 0.5) is 21.5 Å². The summed E-state index contributed by atoms with van der Waals surface area (Å²) >= 11 is 0. The average molecular weight is 274 g/mol. The van der Waals surface area contributed by atoms with Crippen molar-refractivity contribution in [3.63, 3.8) is 0 Å². The molecule has 0 aliphatic heterocycles. The van der Waals surface area contributed by atoms with Crippen LogP contribution < -0.4 is 11.1 Å². The summed E-state index contributed by atoms with van der Waals surface area (Å²) in [6.45, 7) is 1.90. The average Bonchev–Trinajstić information content (AvgIpc) is 2.43. The summed E-state index contributed by atoms with van der Waals surface area (Å²) in [4.78, 5) is 11.6. The number of nitrogens with one attached hydrogen (secondary N) is 1. The van der Waals surface area contributed by atoms with Gasteiger partial charge in [0.15, 0.2) is 0 Å². The van der Waals surface area contributed by atoms with E-state index in [0.29, 0.717) is 0 Å². The van der Waals surface area contributed by atoms with Gasteiger partial charge in [-0.1, -0.05) is 18.2 Å². The number of anilines is 3. The van der Waals surface area contributed by atoms with Crippen molar-refractivity contribution in [3.8, 4) is 0 Å². The van der Waals surface area contributed by atoms with E-state index in [4.69, 9.17) is 5.73 Å². The van der Waals surface area contributed by atoms with Crippen molar-refractivity contribution in [3.05, 3.63) is 53.3 Å². The maximum Gasteiger partial charge on any atom is 0.340 e. The Kier molecular flexibility index (Phi) is 3.89. The lowest BCUT2D eigenvalue weighted by atomic mass is 10.1. The lowest BCUT2D eigenvalue weighted by Crippen LogP contribution is -2.08. The van der Waals surface area contributed by atoms with Crippen LogP contribution >= 0.6 is 0 Å². The van der Waals surface area contributed by atoms with E-state index in [1.54, 1.807) is 0 Å². The Morgan fingerprint density at radius 1 is 1.25 bits per heavy atom. The Bertz CT molecular complexity index is 656. The fourth-order valence-corrected chi connectivity index (χ4v) is 1.83. The molecule has 0 aliphatic carbocycles. The molecule has 0 aromatic heterocycles. The minimum atomic E-state index is -0.602. The number of benzene rings is 2. The number of para-hydroxylation sites is 1. The fourth-order valence-electron chi connectivity index (χ4n) is 1.83. The van der Waals surface area contributed by atoms with Gasteiger partial charge in [0, 0.05) is 11.4 Å². The van der Waals surface area contributed by atoms with E-state index in [9.17, 15) is 9.18 Å². The van der Waals surface area contributed by atoms with E-state index in [-0.39, 0.29) is 16.9 Å². The maximum absolute atomic E-state index is 13.9. The summed E-state index contributed by atoms with van der Waals surface area (Å²) in [5.41, 5.74) is 7.69. The third kappa shape index (κ3) is 2.71. The van der Waals surface area contributed by atoms with Crippen LogP contribution in [0.2, 0.25) is 0 Å². The maximum atomic E-state index is 13.9. The van der Waals surface area contributed by atoms with E-state index in [1.165, 1.54) is 13.2 Å². The van der Waals surface area contributed by atoms with Gasteiger partial charge in [-0.2, -0.15) is 0 Å². The van der Waals surface area contributed by atoms with E-state index in [0.717, 1.165) is 17.3 Å². The van der Waals surface area contributed by atoms with Crippen molar-refractivity contribution in [2.24, 2.45) is 0 Å². The van der Waals surface area contributed by atoms with Crippen LogP contribution in [0.5, 0.6) is 0 Å². The second-order valence-electron chi connectivity index (χ2n) is 4.35. The molecule has 5 heteroatoms. The molecule has 0 radical (unpaired) electrons. The third-order valence-corrected chi connectivity index (χ3v) is 2.96. The number of rotatable bonds is 3. The number of nitrogens with two attached hydrogens (primary N) is 1. The number of hydrogen-bond donors (Lipinski definition) is 2. The zero-order chi connectivity index (χ0) is 14.7. The first-order chi connectivity index (χ1) is 9.52. The van der Waals surface area contributed by atoms with Crippen LogP contribution in [0.1, 0.15) is 15.9 Å². The SMILES string of the molecule is COC(=O)c1cc(Nc2ccccc2C)c(F)cc1N. The van der Waals surface area contributed by atoms with Gasteiger partial charge in [0.2, 0.25) is 0 Å². The topological polar surface area (TPSA) is 64.3 Å². The Morgan fingerprint density at radius 3 is 2.60 bits per heavy atom. The van der Waals surface area contributed by atoms with Crippen molar-refractivity contribution < 1.29 is 13.9 Å². The van der Waals surface area contributed by atoms with Crippen molar-refractivity contribution >= 4 is 23.0 Å². The molecule has 2 aromatic carbocycles. The number of halogens is 1. The Hall–Kier alpha value is -2.56. The standard InChI is InChI=1S/C15H15FN2O2/c1-9-5-3-4-6-13(9)18-14-7-10(15(19)20-2)12(17)8-11(14)16/h3-8,18H,17H2,1-2H3. The second kappa shape index (κ2) is 5.61. The normalized spacial score (nSPS) is 10.2. The molecular weight excluding hydrogens is 259 g/mol. The zero-order valence-electron chi connectivity index (χ0n) is 11.2. The van der Waals surface area contributed by atoms with E-state index in [2.05, 4.69) is 10.1 Å². The van der Waals surface area contributed by atoms with Crippen molar-refractivity contribution in [1.29, 1.82) is 0 Å². The van der Waals surface area contributed by atoms with Gasteiger partial charge < -0.3 is 15.8 Å². The molecule has 2 rings (SSSR count). The minimum absolute atomic E-state index is 0.0460. The smallest absolute Gasteiger partial charge is 0.340 e. The molecule has 0 saturated carbocycles. The Balaban J connectivity index is 2.42. The third-order valence-electron chi connectivity index (χ3n) is 2.96. The van der Waals surface area contributed by atoms with E-state index < -0.39 is 11.8 Å². The molecule has 0 bridgehead atoms. The predicted molar refractivity (Wildman–Crippen MR) is 76.6 cm³/mol. The van der Waals surface area contributed by atoms with Gasteiger partial charge in [-0.05, 0) is 30.7 Å². The highest BCUT2D eigenvalue weighted by Gasteiger charge is 2.15. The highest BCUT2D eigenvalue weighted by molar-refractivity contribution is 5.96. The second-order valence-corrected chi connectivity index (χ2v) is 4.35. The van der Waals surface area contributed by atoms with Gasteiger partial charge in [-0.15, -0.1) is 0 Å². The van der Waals surface area contributed by atoms with Crippen LogP contribution in [0.15, 0.2) is 36.4 Å². The summed E-state index contributed by atoms with van der Waals surface area (Å²) < 4.78 is 18.5. The molecule has 0 fully saturated rings. The van der Waals surface area contributed by atoms with Crippen molar-refractivity contribution in [1.82, 2.24) is 0 Å². The summed E-state index contributed by atoms with van der Waals surface area (Å²) in [6.07, 6.45) is 0. The van der Waals surface area contributed by atoms with E-state index in [1.807, 2.05) is 31.2 Å². The van der Waals surface area contributed by atoms with Gasteiger partial charge in [-0.25, -0.2) is 9.18 Å². The van der Waals surface area contributed by atoms with Gasteiger partial charge >= 0.3 is 5.97 Å². The molecule has 2 aromatic rings. The fraction of sp³-hybridized carbons (Fsp3) is 0.133. The van der Waals surface area contributed by atoms with Crippen LogP contribution in [0.25, 0.3) is 0 Å². The number of carbonyl (C=O) groups excluding carboxylic acids is 1. The highest BCUT2D eigenvalue weighted by Crippen LogP contribution is 2.27.